The number of hydrogen-bond acceptors (Lipinski definition) is 3. The van der Waals surface area contributed by atoms with Crippen LogP contribution in [-0.2, 0) is 18.3 Å². The standard InChI is InChI=1S/C38H28F3N3O3/c39-38(40,41)32-8-4-7-28(20-32)29-19-30-22-42-44(23-24-9-11-26(12-10-24)25-5-2-1-3-6-25)34(30)33(21-29)35(45)43-37(17-18-37)31-15-13-27(14-16-31)36(46)47/h1-16,19-22H,17-18,23H2,(H,43,45)(H,46,47). The Morgan fingerprint density at radius 2 is 1.47 bits per heavy atom. The van der Waals surface area contributed by atoms with Gasteiger partial charge in [0.25, 0.3) is 5.91 Å². The normalized spacial score (nSPS) is 13.8. The molecule has 6 aromatic rings. The van der Waals surface area contributed by atoms with Gasteiger partial charge in [-0.15, -0.1) is 0 Å². The number of aromatic nitrogens is 2. The molecule has 1 fully saturated rings. The van der Waals surface area contributed by atoms with Crippen LogP contribution in [0.5, 0.6) is 0 Å². The minimum absolute atomic E-state index is 0.145. The van der Waals surface area contributed by atoms with Crippen LogP contribution in [0.2, 0.25) is 0 Å². The van der Waals surface area contributed by atoms with Crippen molar-refractivity contribution in [2.45, 2.75) is 31.1 Å². The number of carbonyl (C=O) groups is 2. The number of carboxylic acid groups (broad SMARTS) is 1. The van der Waals surface area contributed by atoms with E-state index in [-0.39, 0.29) is 11.1 Å². The topological polar surface area (TPSA) is 84.2 Å². The molecule has 1 aliphatic carbocycles. The van der Waals surface area contributed by atoms with E-state index >= 15 is 0 Å². The molecule has 1 saturated carbocycles. The maximum atomic E-state index is 14.2. The number of fused-ring (bicyclic) bond motifs is 1. The van der Waals surface area contributed by atoms with Gasteiger partial charge in [-0.2, -0.15) is 18.3 Å². The molecule has 234 valence electrons. The molecule has 1 aliphatic rings. The maximum absolute atomic E-state index is 14.2. The van der Waals surface area contributed by atoms with Crippen LogP contribution in [0.25, 0.3) is 33.2 Å². The zero-order valence-electron chi connectivity index (χ0n) is 25.0. The van der Waals surface area contributed by atoms with Crippen molar-refractivity contribution in [2.24, 2.45) is 0 Å². The summed E-state index contributed by atoms with van der Waals surface area (Å²) >= 11 is 0. The molecular formula is C38H28F3N3O3. The third-order valence-electron chi connectivity index (χ3n) is 8.68. The van der Waals surface area contributed by atoms with Crippen LogP contribution in [0.1, 0.15) is 50.2 Å². The van der Waals surface area contributed by atoms with Crippen molar-refractivity contribution < 1.29 is 27.9 Å². The highest BCUT2D eigenvalue weighted by Gasteiger charge is 2.46. The lowest BCUT2D eigenvalue weighted by Crippen LogP contribution is -2.35. The lowest BCUT2D eigenvalue weighted by molar-refractivity contribution is -0.137. The average Bonchev–Trinajstić information content (AvgIpc) is 3.76. The van der Waals surface area contributed by atoms with Gasteiger partial charge in [0.1, 0.15) is 0 Å². The number of carbonyl (C=O) groups excluding carboxylic acids is 1. The molecule has 5 aromatic carbocycles. The molecule has 0 unspecified atom stereocenters. The SMILES string of the molecule is O=C(O)c1ccc(C2(NC(=O)c3cc(-c4cccc(C(F)(F)F)c4)cc4cnn(Cc5ccc(-c6ccccc6)cc5)c34)CC2)cc1. The first-order valence-electron chi connectivity index (χ1n) is 15.1. The van der Waals surface area contributed by atoms with E-state index in [1.54, 1.807) is 41.2 Å². The molecule has 47 heavy (non-hydrogen) atoms. The lowest BCUT2D eigenvalue weighted by Gasteiger charge is -2.20. The Kier molecular flexibility index (Phi) is 7.39. The van der Waals surface area contributed by atoms with Crippen molar-refractivity contribution in [1.82, 2.24) is 15.1 Å². The van der Waals surface area contributed by atoms with Gasteiger partial charge in [0.2, 0.25) is 0 Å². The van der Waals surface area contributed by atoms with E-state index in [1.807, 2.05) is 54.6 Å². The molecule has 2 N–H and O–H groups in total. The number of hydrogen-bond donors (Lipinski definition) is 2. The largest absolute Gasteiger partial charge is 0.478 e. The fourth-order valence-electron chi connectivity index (χ4n) is 6.00. The molecule has 1 amide bonds. The van der Waals surface area contributed by atoms with Crippen molar-refractivity contribution in [1.29, 1.82) is 0 Å². The van der Waals surface area contributed by atoms with Gasteiger partial charge < -0.3 is 10.4 Å². The number of amides is 1. The summed E-state index contributed by atoms with van der Waals surface area (Å²) in [7, 11) is 0. The van der Waals surface area contributed by atoms with E-state index in [4.69, 9.17) is 0 Å². The van der Waals surface area contributed by atoms with Gasteiger partial charge in [-0.1, -0.05) is 78.9 Å². The van der Waals surface area contributed by atoms with E-state index in [2.05, 4.69) is 10.4 Å². The van der Waals surface area contributed by atoms with Crippen LogP contribution >= 0.6 is 0 Å². The number of halogens is 3. The van der Waals surface area contributed by atoms with E-state index in [0.29, 0.717) is 41.4 Å². The fraction of sp³-hybridized carbons (Fsp3) is 0.132. The van der Waals surface area contributed by atoms with Crippen LogP contribution in [0.3, 0.4) is 0 Å². The minimum Gasteiger partial charge on any atom is -0.478 e. The lowest BCUT2D eigenvalue weighted by atomic mass is 9.97. The first-order chi connectivity index (χ1) is 22.6. The van der Waals surface area contributed by atoms with Crippen LogP contribution in [0.15, 0.2) is 121 Å². The van der Waals surface area contributed by atoms with Crippen LogP contribution in [0, 0.1) is 0 Å². The predicted molar refractivity (Wildman–Crippen MR) is 173 cm³/mol. The molecule has 0 bridgehead atoms. The summed E-state index contributed by atoms with van der Waals surface area (Å²) in [6, 6.07) is 32.9. The summed E-state index contributed by atoms with van der Waals surface area (Å²) in [6.07, 6.45) is -1.57. The molecule has 0 radical (unpaired) electrons. The van der Waals surface area contributed by atoms with Crippen molar-refractivity contribution in [2.75, 3.05) is 0 Å². The second kappa shape index (κ2) is 11.6. The number of alkyl halides is 3. The highest BCUT2D eigenvalue weighted by Crippen LogP contribution is 2.46. The highest BCUT2D eigenvalue weighted by molar-refractivity contribution is 6.08. The number of nitrogens with one attached hydrogen (secondary N) is 1. The third-order valence-corrected chi connectivity index (χ3v) is 8.68. The van der Waals surface area contributed by atoms with Crippen LogP contribution < -0.4 is 5.32 Å². The first-order valence-corrected chi connectivity index (χ1v) is 15.1. The Morgan fingerprint density at radius 1 is 0.787 bits per heavy atom. The molecule has 0 aliphatic heterocycles. The smallest absolute Gasteiger partial charge is 0.416 e. The van der Waals surface area contributed by atoms with Gasteiger partial charge >= 0.3 is 12.1 Å². The van der Waals surface area contributed by atoms with Gasteiger partial charge in [-0.05, 0) is 82.6 Å². The summed E-state index contributed by atoms with van der Waals surface area (Å²) in [5.74, 6) is -1.44. The first kappa shape index (κ1) is 30.0. The van der Waals surface area contributed by atoms with E-state index in [0.717, 1.165) is 34.4 Å². The molecule has 1 aromatic heterocycles. The minimum atomic E-state index is -4.52. The summed E-state index contributed by atoms with van der Waals surface area (Å²) in [6.45, 7) is 0.365. The Balaban J connectivity index is 1.27. The molecule has 0 saturated heterocycles. The molecule has 0 spiro atoms. The van der Waals surface area contributed by atoms with Gasteiger partial charge in [0.15, 0.2) is 0 Å². The van der Waals surface area contributed by atoms with Crippen LogP contribution in [-0.4, -0.2) is 26.8 Å². The summed E-state index contributed by atoms with van der Waals surface area (Å²) in [4.78, 5) is 25.5. The van der Waals surface area contributed by atoms with E-state index in [9.17, 15) is 27.9 Å². The summed E-state index contributed by atoms with van der Waals surface area (Å²) < 4.78 is 42.5. The van der Waals surface area contributed by atoms with E-state index in [1.165, 1.54) is 18.2 Å². The fourth-order valence-corrected chi connectivity index (χ4v) is 6.00. The molecule has 0 atom stereocenters. The van der Waals surface area contributed by atoms with E-state index < -0.39 is 29.2 Å². The number of benzene rings is 5. The average molecular weight is 632 g/mol. The number of carboxylic acids is 1. The van der Waals surface area contributed by atoms with Gasteiger partial charge in [0.05, 0.1) is 40.5 Å². The molecule has 6 nitrogen and oxygen atoms in total. The van der Waals surface area contributed by atoms with Crippen molar-refractivity contribution in [3.8, 4) is 22.3 Å². The number of rotatable bonds is 8. The molecule has 1 heterocycles. The quantitative estimate of drug-likeness (QED) is 0.176. The number of aromatic carboxylic acids is 1. The zero-order valence-corrected chi connectivity index (χ0v) is 25.0. The third kappa shape index (κ3) is 6.00. The molecule has 7 rings (SSSR count). The Labute approximate surface area is 268 Å². The monoisotopic (exact) mass is 631 g/mol. The zero-order chi connectivity index (χ0) is 32.8. The second-order valence-corrected chi connectivity index (χ2v) is 11.8. The summed E-state index contributed by atoms with van der Waals surface area (Å²) in [5, 5.41) is 17.7. The Bertz CT molecular complexity index is 2120. The van der Waals surface area contributed by atoms with Crippen molar-refractivity contribution in [3.05, 3.63) is 149 Å². The summed E-state index contributed by atoms with van der Waals surface area (Å²) in [5.41, 5.74) is 4.21. The van der Waals surface area contributed by atoms with Crippen LogP contribution in [0.4, 0.5) is 13.2 Å². The maximum Gasteiger partial charge on any atom is 0.416 e. The van der Waals surface area contributed by atoms with Gasteiger partial charge in [-0.25, -0.2) is 4.79 Å². The Hall–Kier alpha value is -5.70. The second-order valence-electron chi connectivity index (χ2n) is 11.8. The number of nitrogens with zero attached hydrogens (tertiary/aromatic N) is 2. The van der Waals surface area contributed by atoms with Crippen molar-refractivity contribution >= 4 is 22.8 Å². The van der Waals surface area contributed by atoms with Gasteiger partial charge in [-0.3, -0.25) is 9.48 Å². The van der Waals surface area contributed by atoms with Gasteiger partial charge in [0, 0.05) is 5.39 Å². The predicted octanol–water partition coefficient (Wildman–Crippen LogP) is 8.55. The van der Waals surface area contributed by atoms with Crippen molar-refractivity contribution in [3.63, 3.8) is 0 Å². The highest BCUT2D eigenvalue weighted by atomic mass is 19.4. The molecule has 9 heteroatoms. The molecular weight excluding hydrogens is 603 g/mol. The Morgan fingerprint density at radius 3 is 2.13 bits per heavy atom.